The Labute approximate surface area is 112 Å². The zero-order valence-electron chi connectivity index (χ0n) is 11.3. The predicted octanol–water partition coefficient (Wildman–Crippen LogP) is 2.75. The van der Waals surface area contributed by atoms with E-state index in [1.807, 2.05) is 19.1 Å². The van der Waals surface area contributed by atoms with Crippen molar-refractivity contribution in [3.8, 4) is 17.2 Å². The molecule has 0 bridgehead atoms. The smallest absolute Gasteiger partial charge is 0.343 e. The van der Waals surface area contributed by atoms with Crippen molar-refractivity contribution in [2.75, 3.05) is 20.8 Å². The topological polar surface area (TPSA) is 65.0 Å². The van der Waals surface area contributed by atoms with E-state index in [0.29, 0.717) is 12.4 Å². The van der Waals surface area contributed by atoms with E-state index in [4.69, 9.17) is 19.3 Å². The fourth-order valence-electron chi connectivity index (χ4n) is 1.56. The molecule has 0 atom stereocenters. The minimum absolute atomic E-state index is 0.0125. The van der Waals surface area contributed by atoms with Crippen molar-refractivity contribution < 1.29 is 24.1 Å². The van der Waals surface area contributed by atoms with Crippen LogP contribution in [0.1, 0.15) is 23.7 Å². The van der Waals surface area contributed by atoms with E-state index in [1.165, 1.54) is 26.4 Å². The molecule has 0 heterocycles. The van der Waals surface area contributed by atoms with Gasteiger partial charge in [0.25, 0.3) is 0 Å². The van der Waals surface area contributed by atoms with Crippen molar-refractivity contribution in [1.29, 1.82) is 0 Å². The van der Waals surface area contributed by atoms with Crippen LogP contribution in [-0.2, 0) is 0 Å². The Kier molecular flexibility index (Phi) is 5.73. The monoisotopic (exact) mass is 266 g/mol. The predicted molar refractivity (Wildman–Crippen MR) is 71.4 cm³/mol. The molecule has 0 aromatic heterocycles. The van der Waals surface area contributed by atoms with Gasteiger partial charge >= 0.3 is 5.97 Å². The molecule has 0 saturated carbocycles. The molecular weight excluding hydrogens is 248 g/mol. The summed E-state index contributed by atoms with van der Waals surface area (Å²) in [5, 5.41) is 9.13. The van der Waals surface area contributed by atoms with Crippen LogP contribution in [0.3, 0.4) is 0 Å². The van der Waals surface area contributed by atoms with Gasteiger partial charge in [0.05, 0.1) is 14.2 Å². The van der Waals surface area contributed by atoms with E-state index < -0.39 is 5.97 Å². The summed E-state index contributed by atoms with van der Waals surface area (Å²) in [5.74, 6) is -0.187. The normalized spacial score (nSPS) is 10.5. The van der Waals surface area contributed by atoms with Crippen molar-refractivity contribution in [2.24, 2.45) is 0 Å². The van der Waals surface area contributed by atoms with Crippen LogP contribution in [0.4, 0.5) is 0 Å². The van der Waals surface area contributed by atoms with Gasteiger partial charge in [-0.25, -0.2) is 4.79 Å². The van der Waals surface area contributed by atoms with Gasteiger partial charge in [-0.1, -0.05) is 19.1 Å². The van der Waals surface area contributed by atoms with Gasteiger partial charge < -0.3 is 19.3 Å². The molecule has 0 aliphatic heterocycles. The Morgan fingerprint density at radius 3 is 2.21 bits per heavy atom. The maximum Gasteiger partial charge on any atom is 0.343 e. The second-order valence-corrected chi connectivity index (χ2v) is 3.70. The van der Waals surface area contributed by atoms with Crippen molar-refractivity contribution in [2.45, 2.75) is 13.3 Å². The molecule has 1 rings (SSSR count). The molecular formula is C14H18O5. The first-order valence-corrected chi connectivity index (χ1v) is 5.91. The summed E-state index contributed by atoms with van der Waals surface area (Å²) < 4.78 is 15.6. The standard InChI is InChI=1S/C14H18O5/c1-4-5-6-7-19-10-8-11(17-2)13(14(15)16)12(9-10)18-3/h5-6,8-9H,4,7H2,1-3H3,(H,15,16). The minimum Gasteiger partial charge on any atom is -0.496 e. The lowest BCUT2D eigenvalue weighted by Crippen LogP contribution is -2.05. The van der Waals surface area contributed by atoms with E-state index in [0.717, 1.165) is 6.42 Å². The average Bonchev–Trinajstić information content (AvgIpc) is 2.42. The lowest BCUT2D eigenvalue weighted by molar-refractivity contribution is 0.0689. The first-order valence-electron chi connectivity index (χ1n) is 5.91. The molecule has 1 aromatic carbocycles. The Hall–Kier alpha value is -2.17. The average molecular weight is 266 g/mol. The molecule has 0 aliphatic rings. The van der Waals surface area contributed by atoms with Crippen LogP contribution < -0.4 is 14.2 Å². The first-order chi connectivity index (χ1) is 9.13. The number of allylic oxidation sites excluding steroid dienone is 1. The first kappa shape index (κ1) is 14.9. The molecule has 1 aromatic rings. The number of benzene rings is 1. The fourth-order valence-corrected chi connectivity index (χ4v) is 1.56. The highest BCUT2D eigenvalue weighted by Crippen LogP contribution is 2.34. The van der Waals surface area contributed by atoms with Crippen LogP contribution in [-0.4, -0.2) is 31.9 Å². The highest BCUT2D eigenvalue weighted by atomic mass is 16.5. The maximum atomic E-state index is 11.2. The van der Waals surface area contributed by atoms with Crippen LogP contribution in [0.5, 0.6) is 17.2 Å². The van der Waals surface area contributed by atoms with E-state index in [2.05, 4.69) is 0 Å². The summed E-state index contributed by atoms with van der Waals surface area (Å²) in [5.41, 5.74) is -0.0125. The van der Waals surface area contributed by atoms with Gasteiger partial charge in [0, 0.05) is 12.1 Å². The van der Waals surface area contributed by atoms with Crippen LogP contribution in [0, 0.1) is 0 Å². The summed E-state index contributed by atoms with van der Waals surface area (Å²) in [4.78, 5) is 11.2. The molecule has 19 heavy (non-hydrogen) atoms. The van der Waals surface area contributed by atoms with Gasteiger partial charge in [0.2, 0.25) is 0 Å². The van der Waals surface area contributed by atoms with Crippen LogP contribution in [0.25, 0.3) is 0 Å². The van der Waals surface area contributed by atoms with Crippen LogP contribution in [0.2, 0.25) is 0 Å². The number of hydrogen-bond donors (Lipinski definition) is 1. The Morgan fingerprint density at radius 1 is 1.21 bits per heavy atom. The molecule has 0 radical (unpaired) electrons. The molecule has 104 valence electrons. The number of ether oxygens (including phenoxy) is 3. The van der Waals surface area contributed by atoms with Crippen LogP contribution >= 0.6 is 0 Å². The number of methoxy groups -OCH3 is 2. The quantitative estimate of drug-likeness (QED) is 0.769. The molecule has 0 saturated heterocycles. The molecule has 5 nitrogen and oxygen atoms in total. The third-order valence-corrected chi connectivity index (χ3v) is 2.44. The molecule has 0 amide bonds. The zero-order valence-corrected chi connectivity index (χ0v) is 11.3. The number of carboxylic acid groups (broad SMARTS) is 1. The third kappa shape index (κ3) is 3.91. The number of rotatable bonds is 7. The number of aromatic carboxylic acids is 1. The summed E-state index contributed by atoms with van der Waals surface area (Å²) >= 11 is 0. The van der Waals surface area contributed by atoms with E-state index in [1.54, 1.807) is 0 Å². The number of carboxylic acids is 1. The molecule has 0 unspecified atom stereocenters. The molecule has 0 spiro atoms. The summed E-state index contributed by atoms with van der Waals surface area (Å²) in [6.45, 7) is 2.44. The van der Waals surface area contributed by atoms with Crippen molar-refractivity contribution >= 4 is 5.97 Å². The SMILES string of the molecule is CCC=CCOc1cc(OC)c(C(=O)O)c(OC)c1. The van der Waals surface area contributed by atoms with Crippen LogP contribution in [0.15, 0.2) is 24.3 Å². The second-order valence-electron chi connectivity index (χ2n) is 3.70. The maximum absolute atomic E-state index is 11.2. The highest BCUT2D eigenvalue weighted by Gasteiger charge is 2.19. The minimum atomic E-state index is -1.11. The highest BCUT2D eigenvalue weighted by molar-refractivity contribution is 5.94. The van der Waals surface area contributed by atoms with Gasteiger partial charge in [0.15, 0.2) is 0 Å². The molecule has 1 N–H and O–H groups in total. The molecule has 0 fully saturated rings. The number of carbonyl (C=O) groups is 1. The van der Waals surface area contributed by atoms with E-state index in [-0.39, 0.29) is 17.1 Å². The lowest BCUT2D eigenvalue weighted by atomic mass is 10.1. The van der Waals surface area contributed by atoms with E-state index in [9.17, 15) is 4.79 Å². The number of hydrogen-bond acceptors (Lipinski definition) is 4. The van der Waals surface area contributed by atoms with Gasteiger partial charge in [-0.05, 0) is 6.42 Å². The summed E-state index contributed by atoms with van der Waals surface area (Å²) in [6.07, 6.45) is 4.82. The second kappa shape index (κ2) is 7.31. The molecule has 0 aliphatic carbocycles. The van der Waals surface area contributed by atoms with Gasteiger partial charge in [-0.15, -0.1) is 0 Å². The third-order valence-electron chi connectivity index (χ3n) is 2.44. The largest absolute Gasteiger partial charge is 0.496 e. The van der Waals surface area contributed by atoms with E-state index >= 15 is 0 Å². The fraction of sp³-hybridized carbons (Fsp3) is 0.357. The van der Waals surface area contributed by atoms with Crippen molar-refractivity contribution in [1.82, 2.24) is 0 Å². The Balaban J connectivity index is 3.02. The van der Waals surface area contributed by atoms with Gasteiger partial charge in [-0.2, -0.15) is 0 Å². The van der Waals surface area contributed by atoms with Gasteiger partial charge in [0.1, 0.15) is 29.4 Å². The van der Waals surface area contributed by atoms with Gasteiger partial charge in [-0.3, -0.25) is 0 Å². The lowest BCUT2D eigenvalue weighted by Gasteiger charge is -2.12. The molecule has 5 heteroatoms. The Morgan fingerprint density at radius 2 is 1.79 bits per heavy atom. The van der Waals surface area contributed by atoms with Crippen molar-refractivity contribution in [3.63, 3.8) is 0 Å². The Bertz CT molecular complexity index is 440. The summed E-state index contributed by atoms with van der Waals surface area (Å²) in [7, 11) is 2.81. The summed E-state index contributed by atoms with van der Waals surface area (Å²) in [6, 6.07) is 3.07. The van der Waals surface area contributed by atoms with Crippen molar-refractivity contribution in [3.05, 3.63) is 29.8 Å². The zero-order chi connectivity index (χ0) is 14.3.